The van der Waals surface area contributed by atoms with Crippen LogP contribution in [-0.2, 0) is 38.1 Å². The second-order valence-electron chi connectivity index (χ2n) is 7.75. The summed E-state index contributed by atoms with van der Waals surface area (Å²) in [7, 11) is 1.47. The highest BCUT2D eigenvalue weighted by Crippen LogP contribution is 2.34. The lowest BCUT2D eigenvalue weighted by atomic mass is 9.96. The van der Waals surface area contributed by atoms with E-state index in [0.717, 1.165) is 5.56 Å². The zero-order chi connectivity index (χ0) is 26.1. The van der Waals surface area contributed by atoms with Gasteiger partial charge in [-0.05, 0) is 24.6 Å². The molecule has 1 saturated heterocycles. The van der Waals surface area contributed by atoms with Gasteiger partial charge in [-0.2, -0.15) is 0 Å². The van der Waals surface area contributed by atoms with Crippen molar-refractivity contribution in [2.45, 2.75) is 65.3 Å². The Morgan fingerprint density at radius 3 is 2.17 bits per heavy atom. The number of carbonyl (C=O) groups is 4. The first kappa shape index (κ1) is 27.6. The van der Waals surface area contributed by atoms with Gasteiger partial charge in [0.05, 0.1) is 7.11 Å². The quantitative estimate of drug-likeness (QED) is 0.400. The summed E-state index contributed by atoms with van der Waals surface area (Å²) in [6.07, 6.45) is -0.990. The van der Waals surface area contributed by atoms with Crippen molar-refractivity contribution in [3.63, 3.8) is 0 Å². The number of hydrogen-bond acceptors (Lipinski definition) is 10. The maximum Gasteiger partial charge on any atom is 0.303 e. The van der Waals surface area contributed by atoms with Gasteiger partial charge in [-0.15, -0.1) is 0 Å². The van der Waals surface area contributed by atoms with Gasteiger partial charge in [-0.25, -0.2) is 0 Å². The van der Waals surface area contributed by atoms with Crippen molar-refractivity contribution in [3.8, 4) is 11.5 Å². The van der Waals surface area contributed by atoms with E-state index in [2.05, 4.69) is 5.32 Å². The highest BCUT2D eigenvalue weighted by molar-refractivity contribution is 5.73. The van der Waals surface area contributed by atoms with E-state index < -0.39 is 54.5 Å². The second kappa shape index (κ2) is 12.7. The van der Waals surface area contributed by atoms with Crippen LogP contribution in [0.2, 0.25) is 0 Å². The summed E-state index contributed by atoms with van der Waals surface area (Å²) in [5, 5.41) is 2.65. The average Bonchev–Trinajstić information content (AvgIpc) is 2.76. The number of benzene rings is 1. The Kier molecular flexibility index (Phi) is 10.1. The first-order valence-corrected chi connectivity index (χ1v) is 10.9. The molecule has 1 amide bonds. The van der Waals surface area contributed by atoms with Crippen LogP contribution in [0.15, 0.2) is 24.3 Å². The smallest absolute Gasteiger partial charge is 0.303 e. The molecule has 1 heterocycles. The zero-order valence-corrected chi connectivity index (χ0v) is 20.6. The summed E-state index contributed by atoms with van der Waals surface area (Å²) in [5.41, 5.74) is 0.861. The molecule has 11 nitrogen and oxygen atoms in total. The first-order chi connectivity index (χ1) is 16.5. The van der Waals surface area contributed by atoms with Crippen LogP contribution >= 0.6 is 0 Å². The lowest BCUT2D eigenvalue weighted by Gasteiger charge is -2.44. The Morgan fingerprint density at radius 1 is 0.971 bits per heavy atom. The number of ether oxygens (including phenoxy) is 6. The van der Waals surface area contributed by atoms with E-state index in [1.165, 1.54) is 34.8 Å². The molecule has 1 aliphatic rings. The fraction of sp³-hybridized carbons (Fsp3) is 0.500. The minimum atomic E-state index is -1.24. The molecule has 1 N–H and O–H groups in total. The third-order valence-corrected chi connectivity index (χ3v) is 4.86. The second-order valence-corrected chi connectivity index (χ2v) is 7.75. The number of esters is 3. The van der Waals surface area contributed by atoms with Crippen molar-refractivity contribution in [1.29, 1.82) is 0 Å². The predicted octanol–water partition coefficient (Wildman–Crippen LogP) is 1.76. The summed E-state index contributed by atoms with van der Waals surface area (Å²) in [5.74, 6) is -1.79. The summed E-state index contributed by atoms with van der Waals surface area (Å²) in [6, 6.07) is 4.10. The number of rotatable bonds is 9. The van der Waals surface area contributed by atoms with Gasteiger partial charge in [0, 0.05) is 27.7 Å². The predicted molar refractivity (Wildman–Crippen MR) is 122 cm³/mol. The van der Waals surface area contributed by atoms with Gasteiger partial charge >= 0.3 is 17.9 Å². The van der Waals surface area contributed by atoms with Crippen LogP contribution in [0.1, 0.15) is 40.2 Å². The minimum absolute atomic E-state index is 0.278. The molecule has 0 bridgehead atoms. The molecule has 0 spiro atoms. The topological polar surface area (TPSA) is 136 Å². The summed E-state index contributed by atoms with van der Waals surface area (Å²) < 4.78 is 33.4. The molecule has 11 heteroatoms. The highest BCUT2D eigenvalue weighted by Gasteiger charge is 2.52. The fourth-order valence-electron chi connectivity index (χ4n) is 3.59. The molecular weight excluding hydrogens is 462 g/mol. The number of amides is 1. The Labute approximate surface area is 203 Å². The average molecular weight is 494 g/mol. The Hall–Kier alpha value is -3.60. The monoisotopic (exact) mass is 493 g/mol. The van der Waals surface area contributed by atoms with Crippen molar-refractivity contribution in [3.05, 3.63) is 29.8 Å². The van der Waals surface area contributed by atoms with Gasteiger partial charge in [0.25, 0.3) is 0 Å². The lowest BCUT2D eigenvalue weighted by molar-refractivity contribution is -0.257. The summed E-state index contributed by atoms with van der Waals surface area (Å²) in [4.78, 5) is 47.3. The maximum absolute atomic E-state index is 12.0. The van der Waals surface area contributed by atoms with E-state index in [1.807, 2.05) is 19.1 Å². The minimum Gasteiger partial charge on any atom is -0.493 e. The van der Waals surface area contributed by atoms with E-state index in [0.29, 0.717) is 5.75 Å². The lowest BCUT2D eigenvalue weighted by Crippen LogP contribution is -2.67. The number of nitrogens with one attached hydrogen (secondary N) is 1. The molecule has 35 heavy (non-hydrogen) atoms. The van der Waals surface area contributed by atoms with Gasteiger partial charge in [0.1, 0.15) is 18.8 Å². The van der Waals surface area contributed by atoms with Crippen molar-refractivity contribution in [1.82, 2.24) is 5.32 Å². The molecule has 2 rings (SSSR count). The van der Waals surface area contributed by atoms with Crippen LogP contribution in [0.3, 0.4) is 0 Å². The van der Waals surface area contributed by atoms with Crippen LogP contribution in [-0.4, -0.2) is 68.2 Å². The molecule has 5 atom stereocenters. The molecule has 1 aliphatic heterocycles. The Morgan fingerprint density at radius 2 is 1.63 bits per heavy atom. The molecule has 0 saturated carbocycles. The van der Waals surface area contributed by atoms with Crippen molar-refractivity contribution >= 4 is 29.9 Å². The molecule has 1 aromatic rings. The van der Waals surface area contributed by atoms with E-state index >= 15 is 0 Å². The van der Waals surface area contributed by atoms with Crippen molar-refractivity contribution in [2.75, 3.05) is 13.7 Å². The highest BCUT2D eigenvalue weighted by atomic mass is 16.7. The number of carbonyl (C=O) groups excluding carboxylic acids is 4. The van der Waals surface area contributed by atoms with E-state index in [-0.39, 0.29) is 12.4 Å². The van der Waals surface area contributed by atoms with Crippen LogP contribution in [0.5, 0.6) is 11.5 Å². The van der Waals surface area contributed by atoms with Crippen molar-refractivity contribution in [2.24, 2.45) is 0 Å². The van der Waals surface area contributed by atoms with Gasteiger partial charge in [-0.3, -0.25) is 19.2 Å². The largest absolute Gasteiger partial charge is 0.493 e. The third kappa shape index (κ3) is 7.99. The van der Waals surface area contributed by atoms with Crippen LogP contribution < -0.4 is 14.8 Å². The first-order valence-electron chi connectivity index (χ1n) is 10.9. The van der Waals surface area contributed by atoms with Crippen LogP contribution in [0.25, 0.3) is 6.08 Å². The number of methoxy groups -OCH3 is 1. The summed E-state index contributed by atoms with van der Waals surface area (Å²) in [6.45, 7) is 6.36. The third-order valence-electron chi connectivity index (χ3n) is 4.86. The SMILES string of the molecule is C/C=C\c1ccc(O[C@@H]2O[C@H](COC(C)=O)[C@H](OC(C)=O)[C@H](OC(C)=O)[C@H]2NC(C)=O)c(OC)c1. The molecule has 0 aliphatic carbocycles. The number of hydrogen-bond donors (Lipinski definition) is 1. The van der Waals surface area contributed by atoms with E-state index in [1.54, 1.807) is 18.2 Å². The van der Waals surface area contributed by atoms with E-state index in [9.17, 15) is 19.2 Å². The molecule has 192 valence electrons. The molecule has 0 radical (unpaired) electrons. The van der Waals surface area contributed by atoms with Crippen LogP contribution in [0, 0.1) is 0 Å². The van der Waals surface area contributed by atoms with Crippen LogP contribution in [0.4, 0.5) is 0 Å². The molecular formula is C24H31NO10. The van der Waals surface area contributed by atoms with Gasteiger partial charge in [0.2, 0.25) is 12.2 Å². The molecule has 0 unspecified atom stereocenters. The van der Waals surface area contributed by atoms with Gasteiger partial charge < -0.3 is 33.7 Å². The maximum atomic E-state index is 12.0. The molecule has 0 aromatic heterocycles. The normalized spacial score (nSPS) is 23.8. The summed E-state index contributed by atoms with van der Waals surface area (Å²) >= 11 is 0. The fourth-order valence-corrected chi connectivity index (χ4v) is 3.59. The number of allylic oxidation sites excluding steroid dienone is 1. The zero-order valence-electron chi connectivity index (χ0n) is 20.6. The van der Waals surface area contributed by atoms with Crippen molar-refractivity contribution < 1.29 is 47.6 Å². The Bertz CT molecular complexity index is 960. The van der Waals surface area contributed by atoms with Gasteiger partial charge in [-0.1, -0.05) is 18.2 Å². The molecule has 1 fully saturated rings. The standard InChI is InChI=1S/C24H31NO10/c1-7-8-17-9-10-18(19(11-17)30-6)34-24-21(25-13(2)26)23(33-16(5)29)22(32-15(4)28)20(35-24)12-31-14(3)27/h7-11,20-24H,12H2,1-6H3,(H,25,26)/b8-7-/t20-,21-,22+,23-,24-/m1/s1. The van der Waals surface area contributed by atoms with E-state index in [4.69, 9.17) is 28.4 Å². The Balaban J connectivity index is 2.51. The molecule has 1 aromatic carbocycles. The van der Waals surface area contributed by atoms with Gasteiger partial charge in [0.15, 0.2) is 23.7 Å².